The molecule has 164 valence electrons. The Hall–Kier alpha value is -3.04. The summed E-state index contributed by atoms with van der Waals surface area (Å²) in [5, 5.41) is 3.22. The molecule has 0 aliphatic rings. The SMILES string of the molecule is CCOCCOC(=O)C(C)n1cnc2sc(C(=O)Nc3ccccc3C)c(C)c2c1=O. The van der Waals surface area contributed by atoms with E-state index in [0.29, 0.717) is 39.6 Å². The van der Waals surface area contributed by atoms with Gasteiger partial charge in [0, 0.05) is 12.3 Å². The molecule has 1 unspecified atom stereocenters. The van der Waals surface area contributed by atoms with E-state index in [2.05, 4.69) is 10.3 Å². The number of carbonyl (C=O) groups excluding carboxylic acids is 2. The molecule has 0 fully saturated rings. The van der Waals surface area contributed by atoms with Gasteiger partial charge in [-0.1, -0.05) is 18.2 Å². The number of fused-ring (bicyclic) bond motifs is 1. The number of amides is 1. The topological polar surface area (TPSA) is 99.5 Å². The fourth-order valence-electron chi connectivity index (χ4n) is 3.10. The van der Waals surface area contributed by atoms with Crippen molar-refractivity contribution in [2.75, 3.05) is 25.1 Å². The number of aromatic nitrogens is 2. The van der Waals surface area contributed by atoms with Crippen molar-refractivity contribution in [3.05, 3.63) is 57.0 Å². The molecule has 0 aliphatic heterocycles. The van der Waals surface area contributed by atoms with Crippen molar-refractivity contribution in [3.8, 4) is 0 Å². The molecule has 3 aromatic rings. The molecule has 0 aliphatic carbocycles. The van der Waals surface area contributed by atoms with Crippen LogP contribution < -0.4 is 10.9 Å². The molecule has 2 aromatic heterocycles. The Labute approximate surface area is 183 Å². The highest BCUT2D eigenvalue weighted by atomic mass is 32.1. The zero-order valence-corrected chi connectivity index (χ0v) is 18.7. The number of nitrogens with one attached hydrogen (secondary N) is 1. The third-order valence-corrected chi connectivity index (χ3v) is 6.11. The molecule has 0 saturated heterocycles. The van der Waals surface area contributed by atoms with Gasteiger partial charge in [0.1, 0.15) is 17.5 Å². The van der Waals surface area contributed by atoms with Crippen LogP contribution in [0.5, 0.6) is 0 Å². The predicted octanol–water partition coefficient (Wildman–Crippen LogP) is 3.47. The number of carbonyl (C=O) groups is 2. The van der Waals surface area contributed by atoms with Crippen molar-refractivity contribution >= 4 is 39.1 Å². The van der Waals surface area contributed by atoms with Crippen LogP contribution in [0, 0.1) is 13.8 Å². The number of benzene rings is 1. The van der Waals surface area contributed by atoms with Crippen molar-refractivity contribution in [3.63, 3.8) is 0 Å². The van der Waals surface area contributed by atoms with Gasteiger partial charge in [0.05, 0.1) is 23.2 Å². The van der Waals surface area contributed by atoms with Crippen molar-refractivity contribution in [1.29, 1.82) is 0 Å². The minimum Gasteiger partial charge on any atom is -0.462 e. The van der Waals surface area contributed by atoms with Gasteiger partial charge in [-0.15, -0.1) is 11.3 Å². The minimum atomic E-state index is -0.852. The van der Waals surface area contributed by atoms with Crippen LogP contribution in [0.4, 0.5) is 5.69 Å². The molecule has 3 rings (SSSR count). The fraction of sp³-hybridized carbons (Fsp3) is 0.364. The molecule has 9 heteroatoms. The number of aryl methyl sites for hydroxylation is 2. The largest absolute Gasteiger partial charge is 0.462 e. The molecule has 2 heterocycles. The smallest absolute Gasteiger partial charge is 0.329 e. The zero-order chi connectivity index (χ0) is 22.5. The summed E-state index contributed by atoms with van der Waals surface area (Å²) in [6.45, 7) is 7.98. The van der Waals surface area contributed by atoms with E-state index in [9.17, 15) is 14.4 Å². The number of thiophene rings is 1. The maximum absolute atomic E-state index is 13.1. The highest BCUT2D eigenvalue weighted by Gasteiger charge is 2.23. The van der Waals surface area contributed by atoms with Gasteiger partial charge in [0.25, 0.3) is 11.5 Å². The van der Waals surface area contributed by atoms with Crippen LogP contribution in [0.3, 0.4) is 0 Å². The number of hydrogen-bond acceptors (Lipinski definition) is 7. The number of anilines is 1. The van der Waals surface area contributed by atoms with E-state index in [-0.39, 0.29) is 18.1 Å². The molecular formula is C22H25N3O5S. The minimum absolute atomic E-state index is 0.113. The van der Waals surface area contributed by atoms with E-state index in [4.69, 9.17) is 9.47 Å². The molecule has 0 bridgehead atoms. The molecule has 31 heavy (non-hydrogen) atoms. The maximum atomic E-state index is 13.1. The predicted molar refractivity (Wildman–Crippen MR) is 120 cm³/mol. The highest BCUT2D eigenvalue weighted by molar-refractivity contribution is 7.20. The fourth-order valence-corrected chi connectivity index (χ4v) is 4.14. The summed E-state index contributed by atoms with van der Waals surface area (Å²) in [7, 11) is 0. The van der Waals surface area contributed by atoms with Crippen LogP contribution in [0.1, 0.15) is 40.7 Å². The van der Waals surface area contributed by atoms with Gasteiger partial charge in [-0.3, -0.25) is 14.2 Å². The summed E-state index contributed by atoms with van der Waals surface area (Å²) in [5.41, 5.74) is 1.79. The van der Waals surface area contributed by atoms with Crippen LogP contribution in [0.15, 0.2) is 35.4 Å². The molecular weight excluding hydrogens is 418 g/mol. The van der Waals surface area contributed by atoms with Gasteiger partial charge in [-0.05, 0) is 44.9 Å². The lowest BCUT2D eigenvalue weighted by atomic mass is 10.1. The number of para-hydroxylation sites is 1. The van der Waals surface area contributed by atoms with Crippen LogP contribution in [0.25, 0.3) is 10.2 Å². The third-order valence-electron chi connectivity index (χ3n) is 4.91. The summed E-state index contributed by atoms with van der Waals surface area (Å²) in [6.07, 6.45) is 1.32. The van der Waals surface area contributed by atoms with Crippen LogP contribution in [0.2, 0.25) is 0 Å². The van der Waals surface area contributed by atoms with Crippen molar-refractivity contribution in [2.24, 2.45) is 0 Å². The Balaban J connectivity index is 1.87. The molecule has 1 atom stereocenters. The number of nitrogens with zero attached hydrogens (tertiary/aromatic N) is 2. The molecule has 0 radical (unpaired) electrons. The summed E-state index contributed by atoms with van der Waals surface area (Å²) >= 11 is 1.15. The molecule has 0 saturated carbocycles. The quantitative estimate of drug-likeness (QED) is 0.423. The highest BCUT2D eigenvalue weighted by Crippen LogP contribution is 2.28. The molecule has 0 spiro atoms. The van der Waals surface area contributed by atoms with Gasteiger partial charge in [0.15, 0.2) is 0 Å². The van der Waals surface area contributed by atoms with Gasteiger partial charge in [0.2, 0.25) is 0 Å². The van der Waals surface area contributed by atoms with E-state index in [0.717, 1.165) is 16.9 Å². The molecule has 1 aromatic carbocycles. The normalized spacial score (nSPS) is 12.0. The second-order valence-electron chi connectivity index (χ2n) is 7.00. The summed E-state index contributed by atoms with van der Waals surface area (Å²) in [6, 6.07) is 6.61. The monoisotopic (exact) mass is 443 g/mol. The second kappa shape index (κ2) is 9.84. The lowest BCUT2D eigenvalue weighted by Crippen LogP contribution is -2.30. The van der Waals surface area contributed by atoms with E-state index < -0.39 is 12.0 Å². The first kappa shape index (κ1) is 22.6. The van der Waals surface area contributed by atoms with Crippen LogP contribution in [-0.4, -0.2) is 41.2 Å². The number of ether oxygens (including phenoxy) is 2. The second-order valence-corrected chi connectivity index (χ2v) is 8.00. The standard InChI is InChI=1S/C22H25N3O5S/c1-5-29-10-11-30-22(28)15(4)25-12-23-20-17(21(25)27)14(3)18(31-20)19(26)24-16-9-7-6-8-13(16)2/h6-9,12,15H,5,10-11H2,1-4H3,(H,24,26). The van der Waals surface area contributed by atoms with E-state index in [1.165, 1.54) is 10.9 Å². The Bertz CT molecular complexity index is 1170. The lowest BCUT2D eigenvalue weighted by Gasteiger charge is -2.14. The number of hydrogen-bond donors (Lipinski definition) is 1. The first-order valence-electron chi connectivity index (χ1n) is 9.96. The molecule has 1 N–H and O–H groups in total. The van der Waals surface area contributed by atoms with Crippen molar-refractivity contribution < 1.29 is 19.1 Å². The van der Waals surface area contributed by atoms with Crippen LogP contribution >= 0.6 is 11.3 Å². The maximum Gasteiger partial charge on any atom is 0.329 e. The van der Waals surface area contributed by atoms with Crippen molar-refractivity contribution in [2.45, 2.75) is 33.7 Å². The first-order valence-corrected chi connectivity index (χ1v) is 10.8. The summed E-state index contributed by atoms with van der Waals surface area (Å²) in [4.78, 5) is 43.4. The Morgan fingerprint density at radius 3 is 2.68 bits per heavy atom. The summed E-state index contributed by atoms with van der Waals surface area (Å²) < 4.78 is 11.5. The first-order chi connectivity index (χ1) is 14.8. The van der Waals surface area contributed by atoms with Gasteiger partial charge in [-0.2, -0.15) is 0 Å². The average Bonchev–Trinajstić information content (AvgIpc) is 3.10. The van der Waals surface area contributed by atoms with E-state index >= 15 is 0 Å². The number of rotatable bonds is 8. The summed E-state index contributed by atoms with van der Waals surface area (Å²) in [5.74, 6) is -0.850. The zero-order valence-electron chi connectivity index (χ0n) is 17.9. The van der Waals surface area contributed by atoms with Gasteiger partial charge in [-0.25, -0.2) is 9.78 Å². The van der Waals surface area contributed by atoms with Gasteiger partial charge < -0.3 is 14.8 Å². The Morgan fingerprint density at radius 2 is 1.97 bits per heavy atom. The van der Waals surface area contributed by atoms with E-state index in [1.807, 2.05) is 38.1 Å². The van der Waals surface area contributed by atoms with Gasteiger partial charge >= 0.3 is 5.97 Å². The molecule has 8 nitrogen and oxygen atoms in total. The third kappa shape index (κ3) is 4.83. The van der Waals surface area contributed by atoms with Crippen LogP contribution in [-0.2, 0) is 14.3 Å². The van der Waals surface area contributed by atoms with Crippen molar-refractivity contribution in [1.82, 2.24) is 9.55 Å². The average molecular weight is 444 g/mol. The molecule has 1 amide bonds. The lowest BCUT2D eigenvalue weighted by molar-refractivity contribution is -0.148. The Morgan fingerprint density at radius 1 is 1.23 bits per heavy atom. The number of esters is 1. The van der Waals surface area contributed by atoms with E-state index in [1.54, 1.807) is 13.8 Å². The Kier molecular flexibility index (Phi) is 7.19.